The van der Waals surface area contributed by atoms with Crippen molar-refractivity contribution in [3.63, 3.8) is 0 Å². The molecule has 1 aromatic carbocycles. The molecule has 2 rings (SSSR count). The number of nitrogens with one attached hydrogen (secondary N) is 3. The molecular weight excluding hydrogens is 278 g/mol. The predicted octanol–water partition coefficient (Wildman–Crippen LogP) is 2.38. The van der Waals surface area contributed by atoms with Crippen LogP contribution in [0.4, 0.5) is 11.4 Å². The number of hydrogen-bond acceptors (Lipinski definition) is 3. The average Bonchev–Trinajstić information content (AvgIpc) is 2.85. The van der Waals surface area contributed by atoms with Gasteiger partial charge in [0.15, 0.2) is 0 Å². The normalized spacial score (nSPS) is 17.7. The zero-order valence-electron chi connectivity index (χ0n) is 11.3. The van der Waals surface area contributed by atoms with Gasteiger partial charge in [0.1, 0.15) is 6.04 Å². The number of amides is 2. The Labute approximate surface area is 123 Å². The summed E-state index contributed by atoms with van der Waals surface area (Å²) in [6.07, 6.45) is 1.91. The Morgan fingerprint density at radius 3 is 2.90 bits per heavy atom. The Kier molecular flexibility index (Phi) is 4.84. The van der Waals surface area contributed by atoms with Crippen LogP contribution in [0.25, 0.3) is 0 Å². The van der Waals surface area contributed by atoms with E-state index in [0.29, 0.717) is 23.6 Å². The molecule has 1 aliphatic rings. The van der Waals surface area contributed by atoms with E-state index in [9.17, 15) is 9.59 Å². The minimum Gasteiger partial charge on any atom is -0.383 e. The smallest absolute Gasteiger partial charge is 0.247 e. The van der Waals surface area contributed by atoms with E-state index in [1.807, 2.05) is 6.07 Å². The average molecular weight is 296 g/mol. The third-order valence-electron chi connectivity index (χ3n) is 3.12. The van der Waals surface area contributed by atoms with Gasteiger partial charge in [0.2, 0.25) is 11.8 Å². The Hall–Kier alpha value is -1.75. The lowest BCUT2D eigenvalue weighted by molar-refractivity contribution is -0.122. The molecule has 5 nitrogen and oxygen atoms in total. The highest BCUT2D eigenvalue weighted by atomic mass is 35.5. The van der Waals surface area contributed by atoms with E-state index in [-0.39, 0.29) is 11.8 Å². The van der Waals surface area contributed by atoms with Crippen molar-refractivity contribution in [2.75, 3.05) is 17.2 Å². The molecule has 0 aromatic heterocycles. The first-order valence-corrected chi connectivity index (χ1v) is 7.11. The minimum absolute atomic E-state index is 0.0828. The van der Waals surface area contributed by atoms with E-state index < -0.39 is 6.04 Å². The number of halogens is 1. The summed E-state index contributed by atoms with van der Waals surface area (Å²) < 4.78 is 0. The lowest BCUT2D eigenvalue weighted by atomic mass is 10.2. The highest BCUT2D eigenvalue weighted by Crippen LogP contribution is 2.26. The molecule has 1 unspecified atom stereocenters. The van der Waals surface area contributed by atoms with Crippen LogP contribution in [-0.4, -0.2) is 24.4 Å². The van der Waals surface area contributed by atoms with Crippen molar-refractivity contribution in [1.29, 1.82) is 0 Å². The molecule has 0 spiro atoms. The number of carbonyl (C=O) groups is 2. The second-order valence-corrected chi connectivity index (χ2v) is 5.20. The second-order valence-electron chi connectivity index (χ2n) is 4.76. The number of rotatable bonds is 5. The fraction of sp³-hybridized carbons (Fsp3) is 0.429. The van der Waals surface area contributed by atoms with Crippen LogP contribution in [0.1, 0.15) is 26.2 Å². The fourth-order valence-electron chi connectivity index (χ4n) is 2.06. The zero-order valence-corrected chi connectivity index (χ0v) is 12.1. The van der Waals surface area contributed by atoms with Crippen molar-refractivity contribution < 1.29 is 9.59 Å². The lowest BCUT2D eigenvalue weighted by Crippen LogP contribution is -2.37. The quantitative estimate of drug-likeness (QED) is 0.781. The molecule has 3 N–H and O–H groups in total. The van der Waals surface area contributed by atoms with Gasteiger partial charge in [-0.2, -0.15) is 0 Å². The summed E-state index contributed by atoms with van der Waals surface area (Å²) in [7, 11) is 0. The van der Waals surface area contributed by atoms with E-state index in [2.05, 4.69) is 22.9 Å². The molecule has 0 bridgehead atoms. The standard InChI is InChI=1S/C14H18ClN3O2/c1-2-7-16-10-4-3-9(15)8-12(10)18-14(20)11-5-6-13(19)17-11/h3-4,8,11,16H,2,5-7H2,1H3,(H,17,19)(H,18,20). The first-order chi connectivity index (χ1) is 9.60. The summed E-state index contributed by atoms with van der Waals surface area (Å²) in [6, 6.07) is 4.85. The third-order valence-corrected chi connectivity index (χ3v) is 3.35. The Balaban J connectivity index is 2.08. The summed E-state index contributed by atoms with van der Waals surface area (Å²) in [5, 5.41) is 9.26. The number of carbonyl (C=O) groups excluding carboxylic acids is 2. The van der Waals surface area contributed by atoms with Crippen LogP contribution < -0.4 is 16.0 Å². The molecule has 0 radical (unpaired) electrons. The Bertz CT molecular complexity index is 519. The molecule has 0 saturated carbocycles. The van der Waals surface area contributed by atoms with Gasteiger partial charge < -0.3 is 16.0 Å². The molecule has 1 aromatic rings. The van der Waals surface area contributed by atoms with Crippen LogP contribution in [-0.2, 0) is 9.59 Å². The molecule has 20 heavy (non-hydrogen) atoms. The lowest BCUT2D eigenvalue weighted by Gasteiger charge is -2.15. The second kappa shape index (κ2) is 6.61. The molecule has 108 valence electrons. The Morgan fingerprint density at radius 1 is 1.45 bits per heavy atom. The molecule has 1 fully saturated rings. The maximum atomic E-state index is 12.1. The van der Waals surface area contributed by atoms with Gasteiger partial charge in [0.25, 0.3) is 0 Å². The largest absolute Gasteiger partial charge is 0.383 e. The van der Waals surface area contributed by atoms with Gasteiger partial charge in [-0.15, -0.1) is 0 Å². The number of hydrogen-bond donors (Lipinski definition) is 3. The van der Waals surface area contributed by atoms with Crippen molar-refractivity contribution in [1.82, 2.24) is 5.32 Å². The monoisotopic (exact) mass is 295 g/mol. The maximum Gasteiger partial charge on any atom is 0.247 e. The predicted molar refractivity (Wildman–Crippen MR) is 80.0 cm³/mol. The zero-order chi connectivity index (χ0) is 14.5. The number of benzene rings is 1. The van der Waals surface area contributed by atoms with Gasteiger partial charge in [-0.05, 0) is 31.0 Å². The van der Waals surface area contributed by atoms with Crippen molar-refractivity contribution in [2.45, 2.75) is 32.2 Å². The van der Waals surface area contributed by atoms with Gasteiger partial charge >= 0.3 is 0 Å². The van der Waals surface area contributed by atoms with Crippen molar-refractivity contribution in [3.8, 4) is 0 Å². The molecule has 1 heterocycles. The molecule has 0 aliphatic carbocycles. The maximum absolute atomic E-state index is 12.1. The van der Waals surface area contributed by atoms with E-state index in [1.54, 1.807) is 12.1 Å². The highest BCUT2D eigenvalue weighted by molar-refractivity contribution is 6.31. The Morgan fingerprint density at radius 2 is 2.25 bits per heavy atom. The van der Waals surface area contributed by atoms with Crippen LogP contribution in [0.15, 0.2) is 18.2 Å². The molecule has 6 heteroatoms. The van der Waals surface area contributed by atoms with Crippen LogP contribution in [0.5, 0.6) is 0 Å². The van der Waals surface area contributed by atoms with Crippen LogP contribution in [0, 0.1) is 0 Å². The molecule has 1 saturated heterocycles. The summed E-state index contributed by atoms with van der Waals surface area (Å²) in [5.41, 5.74) is 1.46. The fourth-order valence-corrected chi connectivity index (χ4v) is 2.24. The van der Waals surface area contributed by atoms with Gasteiger partial charge in [0, 0.05) is 18.0 Å². The summed E-state index contributed by atoms with van der Waals surface area (Å²) in [5.74, 6) is -0.293. The molecule has 1 atom stereocenters. The first kappa shape index (κ1) is 14.7. The third kappa shape index (κ3) is 3.63. The van der Waals surface area contributed by atoms with Crippen LogP contribution >= 0.6 is 11.6 Å². The first-order valence-electron chi connectivity index (χ1n) is 6.74. The van der Waals surface area contributed by atoms with Crippen LogP contribution in [0.2, 0.25) is 5.02 Å². The summed E-state index contributed by atoms with van der Waals surface area (Å²) in [4.78, 5) is 23.2. The summed E-state index contributed by atoms with van der Waals surface area (Å²) in [6.45, 7) is 2.87. The topological polar surface area (TPSA) is 70.2 Å². The van der Waals surface area contributed by atoms with Crippen molar-refractivity contribution in [3.05, 3.63) is 23.2 Å². The van der Waals surface area contributed by atoms with Gasteiger partial charge in [-0.1, -0.05) is 18.5 Å². The summed E-state index contributed by atoms with van der Waals surface area (Å²) >= 11 is 5.97. The van der Waals surface area contributed by atoms with Gasteiger partial charge in [-0.3, -0.25) is 9.59 Å². The van der Waals surface area contributed by atoms with Crippen molar-refractivity contribution in [2.24, 2.45) is 0 Å². The molecule has 1 aliphatic heterocycles. The van der Waals surface area contributed by atoms with E-state index in [1.165, 1.54) is 0 Å². The minimum atomic E-state index is -0.458. The highest BCUT2D eigenvalue weighted by Gasteiger charge is 2.27. The van der Waals surface area contributed by atoms with Gasteiger partial charge in [0.05, 0.1) is 11.4 Å². The van der Waals surface area contributed by atoms with E-state index in [4.69, 9.17) is 11.6 Å². The van der Waals surface area contributed by atoms with Gasteiger partial charge in [-0.25, -0.2) is 0 Å². The number of anilines is 2. The van der Waals surface area contributed by atoms with Crippen LogP contribution in [0.3, 0.4) is 0 Å². The van der Waals surface area contributed by atoms with Crippen molar-refractivity contribution >= 4 is 34.8 Å². The molecular formula is C14H18ClN3O2. The SMILES string of the molecule is CCCNc1ccc(Cl)cc1NC(=O)C1CCC(=O)N1. The molecule has 2 amide bonds. The van der Waals surface area contributed by atoms with E-state index >= 15 is 0 Å². The van der Waals surface area contributed by atoms with E-state index in [0.717, 1.165) is 18.7 Å².